The van der Waals surface area contributed by atoms with Crippen LogP contribution in [0.5, 0.6) is 0 Å². The van der Waals surface area contributed by atoms with E-state index in [0.29, 0.717) is 17.4 Å². The van der Waals surface area contributed by atoms with Gasteiger partial charge in [0, 0.05) is 6.42 Å². The van der Waals surface area contributed by atoms with Gasteiger partial charge in [0.2, 0.25) is 5.91 Å². The summed E-state index contributed by atoms with van der Waals surface area (Å²) in [7, 11) is 1.25. The van der Waals surface area contributed by atoms with Crippen LogP contribution in [0.25, 0.3) is 0 Å². The van der Waals surface area contributed by atoms with E-state index < -0.39 is 20.0 Å². The summed E-state index contributed by atoms with van der Waals surface area (Å²) in [5, 5.41) is 13.8. The maximum Gasteiger partial charge on any atom is 0.268 e. The molecule has 2 N–H and O–H groups in total. The van der Waals surface area contributed by atoms with Crippen molar-refractivity contribution in [2.24, 2.45) is 0 Å². The topological polar surface area (TPSA) is 108 Å². The van der Waals surface area contributed by atoms with Crippen LogP contribution in [0.1, 0.15) is 316 Å². The summed E-state index contributed by atoms with van der Waals surface area (Å²) in [4.78, 5) is 25.4. The molecule has 0 aromatic heterocycles. The number of aliphatic hydroxyl groups is 1. The molecule has 8 nitrogen and oxygen atoms in total. The van der Waals surface area contributed by atoms with Gasteiger partial charge in [-0.1, -0.05) is 294 Å². The number of carbonyl (C=O) groups is 1. The predicted octanol–water partition coefficient (Wildman–Crippen LogP) is 19.6. The maximum absolute atomic E-state index is 12.9. The summed E-state index contributed by atoms with van der Waals surface area (Å²) in [5.74, 6) is -0.203. The predicted molar refractivity (Wildman–Crippen MR) is 325 cm³/mol. The Balaban J connectivity index is 3.82. The second-order valence-corrected chi connectivity index (χ2v) is 24.9. The molecule has 0 aliphatic rings. The number of quaternary nitrogens is 1. The number of hydrogen-bond acceptors (Lipinski definition) is 6. The van der Waals surface area contributed by atoms with Crippen molar-refractivity contribution in [2.45, 2.75) is 328 Å². The molecule has 0 saturated heterocycles. The van der Waals surface area contributed by atoms with Gasteiger partial charge in [0.25, 0.3) is 7.82 Å². The molecule has 442 valence electrons. The summed E-state index contributed by atoms with van der Waals surface area (Å²) in [6.07, 6.45) is 76.8. The largest absolute Gasteiger partial charge is 0.756 e. The van der Waals surface area contributed by atoms with Crippen molar-refractivity contribution in [1.29, 1.82) is 0 Å². The van der Waals surface area contributed by atoms with E-state index in [2.05, 4.69) is 55.6 Å². The second kappa shape index (κ2) is 57.2. The number of nitrogens with zero attached hydrogens (tertiary/aromatic N) is 1. The zero-order valence-corrected chi connectivity index (χ0v) is 51.4. The third-order valence-corrected chi connectivity index (χ3v) is 15.7. The highest BCUT2D eigenvalue weighted by Crippen LogP contribution is 2.38. The van der Waals surface area contributed by atoms with Crippen molar-refractivity contribution in [3.63, 3.8) is 0 Å². The fourth-order valence-corrected chi connectivity index (χ4v) is 10.4. The van der Waals surface area contributed by atoms with Gasteiger partial charge in [-0.05, 0) is 64.2 Å². The molecule has 0 bridgehead atoms. The highest BCUT2D eigenvalue weighted by atomic mass is 31.2. The molecule has 0 saturated carbocycles. The molecule has 0 aromatic rings. The second-order valence-electron chi connectivity index (χ2n) is 23.5. The Labute approximate surface area is 467 Å². The summed E-state index contributed by atoms with van der Waals surface area (Å²) >= 11 is 0. The number of nitrogens with one attached hydrogen (secondary N) is 1. The Bertz CT molecular complexity index is 1360. The molecule has 0 heterocycles. The van der Waals surface area contributed by atoms with Crippen molar-refractivity contribution >= 4 is 13.7 Å². The van der Waals surface area contributed by atoms with Crippen molar-refractivity contribution < 1.29 is 32.9 Å². The van der Waals surface area contributed by atoms with Crippen LogP contribution >= 0.6 is 7.82 Å². The number of amides is 1. The van der Waals surface area contributed by atoms with Crippen molar-refractivity contribution in [3.8, 4) is 0 Å². The van der Waals surface area contributed by atoms with Gasteiger partial charge in [0.05, 0.1) is 39.9 Å². The molecule has 0 aliphatic heterocycles. The van der Waals surface area contributed by atoms with Crippen molar-refractivity contribution in [2.75, 3.05) is 40.9 Å². The molecular weight excluding hydrogens is 948 g/mol. The highest BCUT2D eigenvalue weighted by Gasteiger charge is 2.23. The molecule has 0 rings (SSSR count). The molecule has 0 fully saturated rings. The Morgan fingerprint density at radius 2 is 0.787 bits per heavy atom. The van der Waals surface area contributed by atoms with E-state index in [-0.39, 0.29) is 19.1 Å². The van der Waals surface area contributed by atoms with Crippen LogP contribution in [0.4, 0.5) is 0 Å². The molecule has 0 aliphatic carbocycles. The van der Waals surface area contributed by atoms with E-state index in [1.165, 1.54) is 250 Å². The number of likely N-dealkylation sites (N-methyl/N-ethyl adjacent to an activating group) is 1. The Hall–Kier alpha value is -1.54. The van der Waals surface area contributed by atoms with Crippen molar-refractivity contribution in [3.05, 3.63) is 48.6 Å². The molecule has 3 unspecified atom stereocenters. The summed E-state index contributed by atoms with van der Waals surface area (Å²) < 4.78 is 23.3. The van der Waals surface area contributed by atoms with E-state index in [1.54, 1.807) is 6.08 Å². The Kier molecular flexibility index (Phi) is 56.0. The lowest BCUT2D eigenvalue weighted by molar-refractivity contribution is -0.870. The third-order valence-electron chi connectivity index (χ3n) is 14.8. The minimum Gasteiger partial charge on any atom is -0.756 e. The molecule has 9 heteroatoms. The molecule has 3 atom stereocenters. The summed E-state index contributed by atoms with van der Waals surface area (Å²) in [6, 6.07) is -0.901. The lowest BCUT2D eigenvalue weighted by Gasteiger charge is -2.29. The molecule has 1 amide bonds. The smallest absolute Gasteiger partial charge is 0.268 e. The van der Waals surface area contributed by atoms with Crippen LogP contribution in [0.15, 0.2) is 48.6 Å². The van der Waals surface area contributed by atoms with E-state index >= 15 is 0 Å². The lowest BCUT2D eigenvalue weighted by Crippen LogP contribution is -2.45. The number of aliphatic hydroxyl groups excluding tert-OH is 1. The van der Waals surface area contributed by atoms with Gasteiger partial charge >= 0.3 is 0 Å². The number of unbranched alkanes of at least 4 members (excludes halogenated alkanes) is 41. The monoisotopic (exact) mass is 1070 g/mol. The zero-order chi connectivity index (χ0) is 54.9. The maximum atomic E-state index is 12.9. The molecular formula is C66H127N2O6P. The average molecular weight is 1080 g/mol. The average Bonchev–Trinajstić information content (AvgIpc) is 3.37. The number of phosphoric ester groups is 1. The first-order valence-electron chi connectivity index (χ1n) is 32.5. The van der Waals surface area contributed by atoms with Gasteiger partial charge in [0.15, 0.2) is 0 Å². The standard InChI is InChI=1S/C66H127N2O6P/c1-6-8-10-12-14-16-18-20-21-22-23-24-25-26-27-28-29-30-31-32-33-34-35-36-37-38-39-40-41-42-43-44-45-46-47-48-50-52-54-56-58-60-66(70)67-64(63-74-75(71,72)73-62-61-68(3,4)5)65(69)59-57-55-53-51-49-19-17-15-13-11-9-7-2/h18,20,22-23,49,51,57,59,64-65,69H,6-17,19,21,24-48,50,52-56,58,60-63H2,1-5H3,(H-,67,70,71,72)/b20-18-,23-22-,51-49+,59-57+. The van der Waals surface area contributed by atoms with E-state index in [4.69, 9.17) is 9.05 Å². The Morgan fingerprint density at radius 3 is 1.16 bits per heavy atom. The van der Waals surface area contributed by atoms with Gasteiger partial charge in [-0.25, -0.2) is 0 Å². The van der Waals surface area contributed by atoms with E-state index in [1.807, 2.05) is 27.2 Å². The summed E-state index contributed by atoms with van der Waals surface area (Å²) in [5.41, 5.74) is 0. The molecule has 0 radical (unpaired) electrons. The number of carbonyl (C=O) groups excluding carboxylic acids is 1. The van der Waals surface area contributed by atoms with E-state index in [9.17, 15) is 19.4 Å². The first-order valence-corrected chi connectivity index (χ1v) is 34.0. The van der Waals surface area contributed by atoms with Crippen LogP contribution in [0.3, 0.4) is 0 Å². The quantitative estimate of drug-likeness (QED) is 0.0272. The number of phosphoric acid groups is 1. The van der Waals surface area contributed by atoms with Crippen LogP contribution in [-0.2, 0) is 18.4 Å². The fraction of sp³-hybridized carbons (Fsp3) is 0.864. The van der Waals surface area contributed by atoms with Crippen LogP contribution in [0.2, 0.25) is 0 Å². The SMILES string of the molecule is CCCCCCC/C=C\C/C=C\CCCCCCCCCCCCCCCCCCCCCCCCCCCCCCCC(=O)NC(COP(=O)([O-])OCC[N+](C)(C)C)C(O)/C=C/CC/C=C/CCCCCCCC. The molecule has 75 heavy (non-hydrogen) atoms. The third kappa shape index (κ3) is 60.0. The van der Waals surface area contributed by atoms with Gasteiger partial charge in [-0.3, -0.25) is 9.36 Å². The van der Waals surface area contributed by atoms with Crippen LogP contribution < -0.4 is 10.2 Å². The first kappa shape index (κ1) is 73.5. The fourth-order valence-electron chi connectivity index (χ4n) is 9.67. The number of rotatable bonds is 60. The minimum atomic E-state index is -4.60. The van der Waals surface area contributed by atoms with Crippen molar-refractivity contribution in [1.82, 2.24) is 5.32 Å². The highest BCUT2D eigenvalue weighted by molar-refractivity contribution is 7.45. The summed E-state index contributed by atoms with van der Waals surface area (Å²) in [6.45, 7) is 4.62. The van der Waals surface area contributed by atoms with Gasteiger partial charge in [0.1, 0.15) is 13.2 Å². The van der Waals surface area contributed by atoms with Gasteiger partial charge in [-0.2, -0.15) is 0 Å². The van der Waals surface area contributed by atoms with Gasteiger partial charge < -0.3 is 28.8 Å². The molecule has 0 spiro atoms. The normalized spacial score (nSPS) is 14.1. The van der Waals surface area contributed by atoms with Gasteiger partial charge in [-0.15, -0.1) is 0 Å². The minimum absolute atomic E-state index is 0.00517. The lowest BCUT2D eigenvalue weighted by atomic mass is 10.0. The van der Waals surface area contributed by atoms with Crippen LogP contribution in [-0.4, -0.2) is 68.5 Å². The first-order chi connectivity index (χ1) is 36.5. The zero-order valence-electron chi connectivity index (χ0n) is 50.5. The number of hydrogen-bond donors (Lipinski definition) is 2. The Morgan fingerprint density at radius 1 is 0.467 bits per heavy atom. The molecule has 0 aromatic carbocycles. The van der Waals surface area contributed by atoms with E-state index in [0.717, 1.165) is 44.9 Å². The van der Waals surface area contributed by atoms with Crippen LogP contribution in [0, 0.1) is 0 Å². The number of allylic oxidation sites excluding steroid dienone is 7.